The van der Waals surface area contributed by atoms with Gasteiger partial charge in [-0.3, -0.25) is 18.6 Å². The van der Waals surface area contributed by atoms with Gasteiger partial charge < -0.3 is 9.47 Å². The molecule has 3 saturated carbocycles. The van der Waals surface area contributed by atoms with Crippen LogP contribution >= 0.6 is 0 Å². The van der Waals surface area contributed by atoms with Gasteiger partial charge in [0.1, 0.15) is 5.60 Å². The van der Waals surface area contributed by atoms with E-state index in [-0.39, 0.29) is 35.5 Å². The Labute approximate surface area is 200 Å². The Hall–Kier alpha value is -1.74. The summed E-state index contributed by atoms with van der Waals surface area (Å²) in [5.74, 6) is -1.47. The number of allylic oxidation sites excluding steroid dienone is 1. The fourth-order valence-electron chi connectivity index (χ4n) is 8.63. The zero-order chi connectivity index (χ0) is 24.7. The second kappa shape index (κ2) is 7.63. The molecule has 1 saturated heterocycles. The molecule has 4 fully saturated rings. The molecule has 0 amide bonds. The van der Waals surface area contributed by atoms with Gasteiger partial charge in [-0.2, -0.15) is 8.42 Å². The maximum Gasteiger partial charge on any atom is 0.309 e. The number of ketones is 1. The third-order valence-electron chi connectivity index (χ3n) is 10.1. The lowest BCUT2D eigenvalue weighted by atomic mass is 9.43. The summed E-state index contributed by atoms with van der Waals surface area (Å²) < 4.78 is 42.0. The van der Waals surface area contributed by atoms with E-state index < -0.39 is 38.6 Å². The van der Waals surface area contributed by atoms with Gasteiger partial charge in [0.05, 0.1) is 25.4 Å². The fourth-order valence-corrected chi connectivity index (χ4v) is 9.26. The van der Waals surface area contributed by atoms with Crippen LogP contribution < -0.4 is 0 Å². The highest BCUT2D eigenvalue weighted by molar-refractivity contribution is 7.86. The standard InChI is InChI=1S/C25H34O8S/c1-23-8-5-15(26)11-14(23)12-16(22(28)31-3)20-17-6-9-25(10-7-19(27)32-25)24(17,2)13-18(21(20)23)33-34(4,29)30/h11,16-18,20-21H,5-10,12-13H2,1-4H3/t16-,17?,18-,20?,21?,23+,24+,25?/m1/s1. The minimum Gasteiger partial charge on any atom is -0.469 e. The molecular formula is C25H34O8S. The lowest BCUT2D eigenvalue weighted by Crippen LogP contribution is -2.63. The van der Waals surface area contributed by atoms with E-state index in [4.69, 9.17) is 13.7 Å². The highest BCUT2D eigenvalue weighted by Crippen LogP contribution is 2.71. The summed E-state index contributed by atoms with van der Waals surface area (Å²) in [6, 6.07) is 0. The van der Waals surface area contributed by atoms with Gasteiger partial charge in [0.15, 0.2) is 5.78 Å². The Balaban J connectivity index is 1.68. The molecule has 5 aliphatic rings. The SMILES string of the molecule is COC(=O)[C@@H]1CC2=CC(=O)CC[C@]2(C)C2C1C1CCC3(CCC(=O)O3)[C@@]1(C)C[C@H]2OS(C)(=O)=O. The van der Waals surface area contributed by atoms with E-state index >= 15 is 0 Å². The molecule has 8 atom stereocenters. The fraction of sp³-hybridized carbons (Fsp3) is 0.800. The minimum absolute atomic E-state index is 0.0356. The Kier molecular flexibility index (Phi) is 5.38. The first-order valence-corrected chi connectivity index (χ1v) is 14.1. The van der Waals surface area contributed by atoms with Gasteiger partial charge in [0, 0.05) is 18.3 Å². The van der Waals surface area contributed by atoms with Crippen LogP contribution in [0.2, 0.25) is 0 Å². The molecule has 0 aromatic carbocycles. The summed E-state index contributed by atoms with van der Waals surface area (Å²) in [7, 11) is -2.44. The molecule has 0 radical (unpaired) electrons. The number of carbonyl (C=O) groups excluding carboxylic acids is 3. The first kappa shape index (κ1) is 24.0. The maximum absolute atomic E-state index is 13.2. The number of ether oxygens (including phenoxy) is 2. The summed E-state index contributed by atoms with van der Waals surface area (Å²) in [5.41, 5.74) is -0.753. The summed E-state index contributed by atoms with van der Waals surface area (Å²) in [4.78, 5) is 37.7. The average molecular weight is 495 g/mol. The Bertz CT molecular complexity index is 1080. The summed E-state index contributed by atoms with van der Waals surface area (Å²) in [6.07, 6.45) is 6.29. The summed E-state index contributed by atoms with van der Waals surface area (Å²) in [6.45, 7) is 4.18. The molecule has 5 rings (SSSR count). The monoisotopic (exact) mass is 494 g/mol. The van der Waals surface area contributed by atoms with Crippen LogP contribution in [0.4, 0.5) is 0 Å². The van der Waals surface area contributed by atoms with E-state index in [0.29, 0.717) is 44.9 Å². The van der Waals surface area contributed by atoms with Gasteiger partial charge in [-0.1, -0.05) is 19.4 Å². The van der Waals surface area contributed by atoms with Crippen LogP contribution in [-0.2, 0) is 38.2 Å². The van der Waals surface area contributed by atoms with E-state index in [9.17, 15) is 22.8 Å². The topological polar surface area (TPSA) is 113 Å². The molecule has 1 aliphatic heterocycles. The molecule has 0 N–H and O–H groups in total. The average Bonchev–Trinajstić information content (AvgIpc) is 3.26. The van der Waals surface area contributed by atoms with E-state index in [0.717, 1.165) is 18.2 Å². The van der Waals surface area contributed by atoms with Gasteiger partial charge in [-0.15, -0.1) is 0 Å². The molecule has 34 heavy (non-hydrogen) atoms. The first-order chi connectivity index (χ1) is 15.8. The number of rotatable bonds is 3. The number of hydrogen-bond donors (Lipinski definition) is 0. The summed E-state index contributed by atoms with van der Waals surface area (Å²) >= 11 is 0. The molecule has 0 aromatic heterocycles. The largest absolute Gasteiger partial charge is 0.469 e. The number of carbonyl (C=O) groups is 3. The highest BCUT2D eigenvalue weighted by atomic mass is 32.2. The van der Waals surface area contributed by atoms with Gasteiger partial charge in [-0.25, -0.2) is 0 Å². The number of hydrogen-bond acceptors (Lipinski definition) is 8. The van der Waals surface area contributed by atoms with Crippen LogP contribution in [0, 0.1) is 34.5 Å². The zero-order valence-electron chi connectivity index (χ0n) is 20.3. The molecule has 1 spiro atoms. The van der Waals surface area contributed by atoms with Gasteiger partial charge in [-0.05, 0) is 67.8 Å². The molecule has 0 aromatic rings. The number of methoxy groups -OCH3 is 1. The van der Waals surface area contributed by atoms with Crippen molar-refractivity contribution in [3.8, 4) is 0 Å². The van der Waals surface area contributed by atoms with Crippen molar-refractivity contribution in [1.82, 2.24) is 0 Å². The molecule has 4 aliphatic carbocycles. The van der Waals surface area contributed by atoms with Gasteiger partial charge in [0.2, 0.25) is 0 Å². The van der Waals surface area contributed by atoms with Crippen LogP contribution in [0.3, 0.4) is 0 Å². The number of fused-ring (bicyclic) bond motifs is 6. The smallest absolute Gasteiger partial charge is 0.309 e. The Morgan fingerprint density at radius 1 is 1.15 bits per heavy atom. The van der Waals surface area contributed by atoms with Crippen LogP contribution in [0.5, 0.6) is 0 Å². The quantitative estimate of drug-likeness (QED) is 0.435. The molecule has 1 heterocycles. The van der Waals surface area contributed by atoms with Crippen LogP contribution in [0.25, 0.3) is 0 Å². The maximum atomic E-state index is 13.2. The molecule has 8 nitrogen and oxygen atoms in total. The van der Waals surface area contributed by atoms with Gasteiger partial charge in [0.25, 0.3) is 10.1 Å². The highest BCUT2D eigenvalue weighted by Gasteiger charge is 2.71. The van der Waals surface area contributed by atoms with Crippen LogP contribution in [-0.4, -0.2) is 51.2 Å². The van der Waals surface area contributed by atoms with Crippen molar-refractivity contribution >= 4 is 27.8 Å². The van der Waals surface area contributed by atoms with Crippen molar-refractivity contribution < 1.29 is 36.5 Å². The van der Waals surface area contributed by atoms with Crippen LogP contribution in [0.1, 0.15) is 65.2 Å². The molecule has 4 unspecified atom stereocenters. The number of esters is 2. The first-order valence-electron chi connectivity index (χ1n) is 12.3. The van der Waals surface area contributed by atoms with Crippen LogP contribution in [0.15, 0.2) is 11.6 Å². The third-order valence-corrected chi connectivity index (χ3v) is 10.7. The van der Waals surface area contributed by atoms with E-state index in [2.05, 4.69) is 13.8 Å². The third kappa shape index (κ3) is 3.33. The van der Waals surface area contributed by atoms with E-state index in [1.165, 1.54) is 7.11 Å². The lowest BCUT2D eigenvalue weighted by molar-refractivity contribution is -0.193. The van der Waals surface area contributed by atoms with Crippen molar-refractivity contribution in [3.63, 3.8) is 0 Å². The van der Waals surface area contributed by atoms with Crippen molar-refractivity contribution in [3.05, 3.63) is 11.6 Å². The Morgan fingerprint density at radius 3 is 2.50 bits per heavy atom. The van der Waals surface area contributed by atoms with Crippen molar-refractivity contribution in [2.75, 3.05) is 13.4 Å². The normalized spacial score (nSPS) is 45.8. The zero-order valence-corrected chi connectivity index (χ0v) is 21.1. The van der Waals surface area contributed by atoms with Gasteiger partial charge >= 0.3 is 11.9 Å². The van der Waals surface area contributed by atoms with Crippen molar-refractivity contribution in [1.29, 1.82) is 0 Å². The molecule has 188 valence electrons. The second-order valence-corrected chi connectivity index (χ2v) is 13.2. The Morgan fingerprint density at radius 2 is 1.88 bits per heavy atom. The van der Waals surface area contributed by atoms with Crippen molar-refractivity contribution in [2.45, 2.75) is 76.9 Å². The minimum atomic E-state index is -3.80. The molecule has 0 bridgehead atoms. The molecule has 9 heteroatoms. The predicted octanol–water partition coefficient (Wildman–Crippen LogP) is 2.95. The second-order valence-electron chi connectivity index (χ2n) is 11.6. The predicted molar refractivity (Wildman–Crippen MR) is 121 cm³/mol. The molecular weight excluding hydrogens is 460 g/mol. The van der Waals surface area contributed by atoms with E-state index in [1.807, 2.05) is 0 Å². The summed E-state index contributed by atoms with van der Waals surface area (Å²) in [5, 5.41) is 0. The lowest BCUT2D eigenvalue weighted by Gasteiger charge is -2.62. The van der Waals surface area contributed by atoms with E-state index in [1.54, 1.807) is 6.08 Å². The van der Waals surface area contributed by atoms with Crippen molar-refractivity contribution in [2.24, 2.45) is 34.5 Å².